The molecule has 1 fully saturated rings. The first-order valence-electron chi connectivity index (χ1n) is 10.8. The Hall–Kier alpha value is -3.98. The van der Waals surface area contributed by atoms with E-state index in [1.165, 1.54) is 24.5 Å². The lowest BCUT2D eigenvalue weighted by Crippen LogP contribution is -2.32. The van der Waals surface area contributed by atoms with Crippen LogP contribution in [0.5, 0.6) is 0 Å². The maximum Gasteiger partial charge on any atom is 0.253 e. The number of anilines is 1. The third kappa shape index (κ3) is 4.06. The molecule has 1 aliphatic heterocycles. The van der Waals surface area contributed by atoms with Crippen LogP contribution in [0.4, 0.5) is 14.5 Å². The van der Waals surface area contributed by atoms with Crippen LogP contribution in [0.2, 0.25) is 0 Å². The van der Waals surface area contributed by atoms with Crippen LogP contribution in [0.1, 0.15) is 24.3 Å². The number of furan rings is 1. The average molecular weight is 464 g/mol. The fraction of sp³-hybridized carbons (Fsp3) is 0.200. The summed E-state index contributed by atoms with van der Waals surface area (Å²) in [5, 5.41) is 4.67. The van der Waals surface area contributed by atoms with Gasteiger partial charge in [-0.1, -0.05) is 6.07 Å². The van der Waals surface area contributed by atoms with Gasteiger partial charge >= 0.3 is 0 Å². The van der Waals surface area contributed by atoms with Crippen LogP contribution in [-0.2, 0) is 16.0 Å². The number of aromatic nitrogens is 2. The number of halogens is 2. The second kappa shape index (κ2) is 8.75. The molecule has 7 nitrogen and oxygen atoms in total. The molecule has 174 valence electrons. The minimum atomic E-state index is -0.738. The predicted octanol–water partition coefficient (Wildman–Crippen LogP) is 4.48. The second-order valence-electron chi connectivity index (χ2n) is 8.13. The van der Waals surface area contributed by atoms with Crippen molar-refractivity contribution in [2.45, 2.75) is 25.7 Å². The molecule has 0 spiro atoms. The molecular weight excluding hydrogens is 442 g/mol. The predicted molar refractivity (Wildman–Crippen MR) is 121 cm³/mol. The Balaban J connectivity index is 1.51. The Morgan fingerprint density at radius 1 is 1.12 bits per heavy atom. The number of nitrogens with zero attached hydrogens (tertiary/aromatic N) is 3. The molecule has 9 heteroatoms. The highest BCUT2D eigenvalue weighted by atomic mass is 19.1. The summed E-state index contributed by atoms with van der Waals surface area (Å²) in [6, 6.07) is 12.2. The summed E-state index contributed by atoms with van der Waals surface area (Å²) in [6.45, 7) is 1.92. The Morgan fingerprint density at radius 3 is 2.62 bits per heavy atom. The summed E-state index contributed by atoms with van der Waals surface area (Å²) in [4.78, 5) is 14.5. The van der Waals surface area contributed by atoms with Crippen molar-refractivity contribution < 1.29 is 22.7 Å². The highest BCUT2D eigenvalue weighted by Crippen LogP contribution is 2.37. The first-order valence-corrected chi connectivity index (χ1v) is 10.8. The summed E-state index contributed by atoms with van der Waals surface area (Å²) in [5.74, 6) is -0.972. The van der Waals surface area contributed by atoms with Gasteiger partial charge in [-0.25, -0.2) is 13.5 Å². The normalized spacial score (nSPS) is 18.1. The van der Waals surface area contributed by atoms with Gasteiger partial charge in [-0.05, 0) is 61.4 Å². The second-order valence-corrected chi connectivity index (χ2v) is 8.13. The lowest BCUT2D eigenvalue weighted by Gasteiger charge is -2.23. The number of carbonyl (C=O) groups is 1. The van der Waals surface area contributed by atoms with Crippen molar-refractivity contribution in [1.82, 2.24) is 14.7 Å². The molecule has 3 heterocycles. The first-order chi connectivity index (χ1) is 16.4. The number of rotatable bonds is 6. The quantitative estimate of drug-likeness (QED) is 0.425. The summed E-state index contributed by atoms with van der Waals surface area (Å²) in [5.41, 5.74) is 8.99. The van der Waals surface area contributed by atoms with Crippen LogP contribution >= 0.6 is 0 Å². The van der Waals surface area contributed by atoms with Gasteiger partial charge in [0.15, 0.2) is 6.23 Å². The zero-order valence-corrected chi connectivity index (χ0v) is 18.3. The van der Waals surface area contributed by atoms with Crippen molar-refractivity contribution in [2.75, 3.05) is 12.3 Å². The van der Waals surface area contributed by atoms with Crippen LogP contribution in [0.25, 0.3) is 16.9 Å². The molecule has 0 unspecified atom stereocenters. The Kier molecular flexibility index (Phi) is 5.62. The van der Waals surface area contributed by atoms with Crippen molar-refractivity contribution in [2.24, 2.45) is 0 Å². The van der Waals surface area contributed by atoms with Gasteiger partial charge < -0.3 is 19.8 Å². The molecule has 2 aromatic heterocycles. The zero-order valence-electron chi connectivity index (χ0n) is 18.3. The maximum absolute atomic E-state index is 14.3. The topological polar surface area (TPSA) is 86.5 Å². The highest BCUT2D eigenvalue weighted by molar-refractivity contribution is 5.83. The lowest BCUT2D eigenvalue weighted by atomic mass is 10.1. The van der Waals surface area contributed by atoms with E-state index in [4.69, 9.17) is 14.9 Å². The largest absolute Gasteiger partial charge is 0.472 e. The molecule has 0 aliphatic carbocycles. The third-order valence-electron chi connectivity index (χ3n) is 5.84. The minimum absolute atomic E-state index is 0.200. The number of ether oxygens (including phenoxy) is 1. The molecule has 2 N–H and O–H groups in total. The summed E-state index contributed by atoms with van der Waals surface area (Å²) < 4.78 is 40.6. The third-order valence-corrected chi connectivity index (χ3v) is 5.84. The highest BCUT2D eigenvalue weighted by Gasteiger charge is 2.40. The van der Waals surface area contributed by atoms with Gasteiger partial charge in [-0.15, -0.1) is 0 Å². The fourth-order valence-corrected chi connectivity index (χ4v) is 4.07. The minimum Gasteiger partial charge on any atom is -0.472 e. The smallest absolute Gasteiger partial charge is 0.253 e. The molecule has 0 radical (unpaired) electrons. The van der Waals surface area contributed by atoms with Crippen LogP contribution < -0.4 is 5.73 Å². The Morgan fingerprint density at radius 2 is 1.91 bits per heavy atom. The molecule has 2 atom stereocenters. The van der Waals surface area contributed by atoms with Gasteiger partial charge in [-0.3, -0.25) is 4.79 Å². The number of hydrogen-bond acceptors (Lipinski definition) is 5. The average Bonchev–Trinajstić information content (AvgIpc) is 3.54. The zero-order chi connectivity index (χ0) is 23.8. The van der Waals surface area contributed by atoms with Gasteiger partial charge in [0.05, 0.1) is 18.2 Å². The summed E-state index contributed by atoms with van der Waals surface area (Å²) in [7, 11) is 0. The SMILES string of the molecule is C[C@@H]1O[C@H](c2cn(-c3ccc(F)cc3)nc2-c2ccoc2)N(CCc2ccc(N)cc2F)C1=O. The van der Waals surface area contributed by atoms with Gasteiger partial charge in [-0.2, -0.15) is 5.10 Å². The van der Waals surface area contributed by atoms with Gasteiger partial charge in [0.1, 0.15) is 23.4 Å². The molecule has 0 saturated carbocycles. The molecule has 4 aromatic rings. The molecule has 1 aliphatic rings. The molecule has 2 aromatic carbocycles. The maximum atomic E-state index is 14.3. The van der Waals surface area contributed by atoms with E-state index < -0.39 is 18.1 Å². The molecule has 0 bridgehead atoms. The monoisotopic (exact) mass is 464 g/mol. The first kappa shape index (κ1) is 21.8. The number of nitrogens with two attached hydrogens (primary N) is 1. The van der Waals surface area contributed by atoms with Crippen LogP contribution in [-0.4, -0.2) is 33.2 Å². The number of carbonyl (C=O) groups excluding carboxylic acids is 1. The Bertz CT molecular complexity index is 1320. The summed E-state index contributed by atoms with van der Waals surface area (Å²) >= 11 is 0. The van der Waals surface area contributed by atoms with E-state index in [0.29, 0.717) is 33.8 Å². The lowest BCUT2D eigenvalue weighted by molar-refractivity contribution is -0.130. The van der Waals surface area contributed by atoms with Gasteiger partial charge in [0.2, 0.25) is 0 Å². The van der Waals surface area contributed by atoms with Crippen molar-refractivity contribution in [3.63, 3.8) is 0 Å². The van der Waals surface area contributed by atoms with Crippen molar-refractivity contribution in [1.29, 1.82) is 0 Å². The molecule has 1 amide bonds. The molecular formula is C25H22F2N4O3. The van der Waals surface area contributed by atoms with Gasteiger partial charge in [0.25, 0.3) is 5.91 Å². The fourth-order valence-electron chi connectivity index (χ4n) is 4.07. The van der Waals surface area contributed by atoms with Gasteiger partial charge in [0, 0.05) is 29.6 Å². The number of hydrogen-bond donors (Lipinski definition) is 1. The van der Waals surface area contributed by atoms with E-state index in [1.807, 2.05) is 0 Å². The number of amides is 1. The van der Waals surface area contributed by atoms with Crippen LogP contribution in [0, 0.1) is 11.6 Å². The molecule has 5 rings (SSSR count). The van der Waals surface area contributed by atoms with Crippen molar-refractivity contribution in [3.8, 4) is 16.9 Å². The molecule has 1 saturated heterocycles. The van der Waals surface area contributed by atoms with Crippen LogP contribution in [0.3, 0.4) is 0 Å². The van der Waals surface area contributed by atoms with E-state index in [9.17, 15) is 13.6 Å². The van der Waals surface area contributed by atoms with Crippen molar-refractivity contribution in [3.05, 3.63) is 90.0 Å². The van der Waals surface area contributed by atoms with E-state index in [1.54, 1.807) is 59.3 Å². The van der Waals surface area contributed by atoms with E-state index in [0.717, 1.165) is 0 Å². The number of nitrogen functional groups attached to an aromatic ring is 1. The van der Waals surface area contributed by atoms with E-state index in [2.05, 4.69) is 5.10 Å². The molecule has 34 heavy (non-hydrogen) atoms. The Labute approximate surface area is 194 Å². The van der Waals surface area contributed by atoms with E-state index >= 15 is 0 Å². The van der Waals surface area contributed by atoms with E-state index in [-0.39, 0.29) is 24.7 Å². The van der Waals surface area contributed by atoms with Crippen molar-refractivity contribution >= 4 is 11.6 Å². The van der Waals surface area contributed by atoms with Crippen LogP contribution in [0.15, 0.2) is 71.7 Å². The number of benzene rings is 2. The standard InChI is InChI=1S/C25H22F2N4O3/c1-15-24(32)30(10-8-16-2-5-19(28)12-22(16)27)25(34-15)21-13-31(20-6-3-18(26)4-7-20)29-23(21)17-9-11-33-14-17/h2-7,9,11-15,25H,8,10,28H2,1H3/t15-,25+/m0/s1. The summed E-state index contributed by atoms with van der Waals surface area (Å²) in [6.07, 6.45) is 3.71.